The van der Waals surface area contributed by atoms with Crippen LogP contribution in [-0.2, 0) is 20.7 Å². The number of ether oxygens (including phenoxy) is 1. The van der Waals surface area contributed by atoms with Gasteiger partial charge in [-0.2, -0.15) is 0 Å². The van der Waals surface area contributed by atoms with E-state index in [0.29, 0.717) is 11.3 Å². The third kappa shape index (κ3) is 6.67. The van der Waals surface area contributed by atoms with E-state index in [1.807, 2.05) is 66.0 Å². The monoisotopic (exact) mass is 421 g/mol. The number of nitrogens with one attached hydrogen (secondary N) is 1. The number of Topliss-reactive ketones (excluding diaryl/α,β-unsaturated/α-hetero) is 1. The molecule has 1 amide bonds. The number of thiophene rings is 1. The molecule has 154 valence electrons. The molecule has 0 radical (unpaired) electrons. The summed E-state index contributed by atoms with van der Waals surface area (Å²) >= 11 is 1.34. The van der Waals surface area contributed by atoms with Gasteiger partial charge in [-0.3, -0.25) is 14.4 Å². The Hall–Kier alpha value is -3.25. The van der Waals surface area contributed by atoms with E-state index in [-0.39, 0.29) is 37.2 Å². The van der Waals surface area contributed by atoms with Crippen LogP contribution in [0, 0.1) is 0 Å². The Bertz CT molecular complexity index is 955. The number of amides is 1. The zero-order valence-corrected chi connectivity index (χ0v) is 17.3. The molecule has 30 heavy (non-hydrogen) atoms. The van der Waals surface area contributed by atoms with E-state index < -0.39 is 5.97 Å². The summed E-state index contributed by atoms with van der Waals surface area (Å²) in [6.45, 7) is -0.371. The summed E-state index contributed by atoms with van der Waals surface area (Å²) < 4.78 is 5.06. The molecule has 1 N–H and O–H groups in total. The average molecular weight is 422 g/mol. The minimum atomic E-state index is -0.561. The van der Waals surface area contributed by atoms with Gasteiger partial charge in [-0.15, -0.1) is 11.3 Å². The summed E-state index contributed by atoms with van der Waals surface area (Å²) in [6.07, 6.45) is 0.650. The van der Waals surface area contributed by atoms with Gasteiger partial charge in [0.2, 0.25) is 0 Å². The summed E-state index contributed by atoms with van der Waals surface area (Å²) in [5.41, 5.74) is 2.07. The van der Waals surface area contributed by atoms with E-state index in [9.17, 15) is 14.4 Å². The number of hydrogen-bond acceptors (Lipinski definition) is 5. The molecule has 1 heterocycles. The molecule has 1 atom stereocenters. The first-order chi connectivity index (χ1) is 14.6. The average Bonchev–Trinajstić information content (AvgIpc) is 3.32. The van der Waals surface area contributed by atoms with Crippen molar-refractivity contribution in [3.8, 4) is 0 Å². The first-order valence-electron chi connectivity index (χ1n) is 9.72. The van der Waals surface area contributed by atoms with Crippen molar-refractivity contribution in [2.75, 3.05) is 6.61 Å². The molecule has 2 aromatic carbocycles. The van der Waals surface area contributed by atoms with E-state index in [1.54, 1.807) is 12.1 Å². The van der Waals surface area contributed by atoms with Gasteiger partial charge in [0.15, 0.2) is 12.4 Å². The van der Waals surface area contributed by atoms with Crippen molar-refractivity contribution in [2.45, 2.75) is 25.3 Å². The summed E-state index contributed by atoms with van der Waals surface area (Å²) in [4.78, 5) is 36.9. The summed E-state index contributed by atoms with van der Waals surface area (Å²) in [5.74, 6) is -1.04. The zero-order chi connectivity index (χ0) is 21.2. The topological polar surface area (TPSA) is 72.5 Å². The fourth-order valence-corrected chi connectivity index (χ4v) is 3.71. The number of rotatable bonds is 10. The summed E-state index contributed by atoms with van der Waals surface area (Å²) in [7, 11) is 0. The van der Waals surface area contributed by atoms with Gasteiger partial charge in [-0.25, -0.2) is 0 Å². The van der Waals surface area contributed by atoms with Gasteiger partial charge in [0.1, 0.15) is 0 Å². The van der Waals surface area contributed by atoms with Crippen molar-refractivity contribution in [3.63, 3.8) is 0 Å². The molecule has 0 aliphatic rings. The molecule has 3 rings (SSSR count). The lowest BCUT2D eigenvalue weighted by Gasteiger charge is -2.19. The van der Waals surface area contributed by atoms with Gasteiger partial charge in [-0.05, 0) is 29.0 Å². The van der Waals surface area contributed by atoms with Crippen LogP contribution in [0.4, 0.5) is 0 Å². The minimum Gasteiger partial charge on any atom is -0.456 e. The highest BCUT2D eigenvalue weighted by Crippen LogP contribution is 2.18. The molecule has 0 aliphatic carbocycles. The van der Waals surface area contributed by atoms with Crippen LogP contribution >= 0.6 is 11.3 Å². The van der Waals surface area contributed by atoms with Gasteiger partial charge >= 0.3 is 5.97 Å². The molecular weight excluding hydrogens is 398 g/mol. The van der Waals surface area contributed by atoms with E-state index in [1.165, 1.54) is 11.3 Å². The Balaban J connectivity index is 1.50. The number of benzene rings is 2. The Morgan fingerprint density at radius 3 is 2.23 bits per heavy atom. The maximum Gasteiger partial charge on any atom is 0.306 e. The van der Waals surface area contributed by atoms with Crippen LogP contribution in [0.3, 0.4) is 0 Å². The van der Waals surface area contributed by atoms with Crippen LogP contribution in [-0.4, -0.2) is 24.3 Å². The highest BCUT2D eigenvalue weighted by Gasteiger charge is 2.17. The highest BCUT2D eigenvalue weighted by atomic mass is 32.1. The van der Waals surface area contributed by atoms with Crippen molar-refractivity contribution in [2.24, 2.45) is 0 Å². The maximum absolute atomic E-state index is 12.4. The lowest BCUT2D eigenvalue weighted by molar-refractivity contribution is -0.148. The molecule has 0 fully saturated rings. The van der Waals surface area contributed by atoms with E-state index in [2.05, 4.69) is 5.32 Å². The molecule has 6 heteroatoms. The quantitative estimate of drug-likeness (QED) is 0.390. The fraction of sp³-hybridized carbons (Fsp3) is 0.208. The van der Waals surface area contributed by atoms with Gasteiger partial charge in [0, 0.05) is 6.42 Å². The number of carbonyl (C=O) groups excluding carboxylic acids is 3. The molecular formula is C24H23NO4S. The fourth-order valence-electron chi connectivity index (χ4n) is 3.02. The molecule has 0 saturated carbocycles. The Labute approximate surface area is 179 Å². The molecule has 3 aromatic rings. The molecule has 0 unspecified atom stereocenters. The van der Waals surface area contributed by atoms with Crippen LogP contribution in [0.5, 0.6) is 0 Å². The second-order valence-electron chi connectivity index (χ2n) is 6.78. The van der Waals surface area contributed by atoms with Crippen LogP contribution in [0.1, 0.15) is 39.7 Å². The normalized spacial score (nSPS) is 11.5. The first kappa shape index (κ1) is 21.5. The number of ketones is 1. The first-order valence-corrected chi connectivity index (χ1v) is 10.6. The van der Waals surface area contributed by atoms with Crippen molar-refractivity contribution in [1.29, 1.82) is 0 Å². The molecule has 0 aliphatic heterocycles. The van der Waals surface area contributed by atoms with Crippen LogP contribution in [0.25, 0.3) is 0 Å². The second kappa shape index (κ2) is 11.1. The predicted molar refractivity (Wildman–Crippen MR) is 116 cm³/mol. The lowest BCUT2D eigenvalue weighted by atomic mass is 9.99. The van der Waals surface area contributed by atoms with Crippen LogP contribution < -0.4 is 5.32 Å². The zero-order valence-electron chi connectivity index (χ0n) is 16.5. The van der Waals surface area contributed by atoms with Crippen molar-refractivity contribution >= 4 is 29.0 Å². The Kier molecular flexibility index (Phi) is 7.92. The summed E-state index contributed by atoms with van der Waals surface area (Å²) in [5, 5.41) is 4.76. The van der Waals surface area contributed by atoms with Crippen LogP contribution in [0.15, 0.2) is 78.2 Å². The van der Waals surface area contributed by atoms with E-state index >= 15 is 0 Å². The van der Waals surface area contributed by atoms with E-state index in [4.69, 9.17) is 4.74 Å². The van der Waals surface area contributed by atoms with Crippen LogP contribution in [0.2, 0.25) is 0 Å². The molecule has 0 bridgehead atoms. The van der Waals surface area contributed by atoms with E-state index in [0.717, 1.165) is 11.1 Å². The second-order valence-corrected chi connectivity index (χ2v) is 7.73. The largest absolute Gasteiger partial charge is 0.456 e. The standard InChI is InChI=1S/C24H23NO4S/c26-21(22-12-7-15-30-22)13-14-24(28)29-17-23(27)25-20(19-10-5-2-6-11-19)16-18-8-3-1-4-9-18/h1-12,15,20H,13-14,16-17H2,(H,25,27)/t20-/m0/s1. The van der Waals surface area contributed by atoms with Gasteiger partial charge in [-0.1, -0.05) is 66.7 Å². The maximum atomic E-state index is 12.4. The SMILES string of the molecule is O=C(COC(=O)CCC(=O)c1cccs1)N[C@@H](Cc1ccccc1)c1ccccc1. The number of esters is 1. The molecule has 0 saturated heterocycles. The van der Waals surface area contributed by atoms with Crippen molar-refractivity contribution < 1.29 is 19.1 Å². The third-order valence-corrected chi connectivity index (χ3v) is 5.45. The van der Waals surface area contributed by atoms with Gasteiger partial charge < -0.3 is 10.1 Å². The molecule has 0 spiro atoms. The van der Waals surface area contributed by atoms with Gasteiger partial charge in [0.05, 0.1) is 17.3 Å². The smallest absolute Gasteiger partial charge is 0.306 e. The van der Waals surface area contributed by atoms with Gasteiger partial charge in [0.25, 0.3) is 5.91 Å². The molecule has 5 nitrogen and oxygen atoms in total. The highest BCUT2D eigenvalue weighted by molar-refractivity contribution is 7.12. The predicted octanol–water partition coefficient (Wildman–Crippen LogP) is 4.35. The number of carbonyl (C=O) groups is 3. The summed E-state index contributed by atoms with van der Waals surface area (Å²) in [6, 6.07) is 22.8. The Morgan fingerprint density at radius 2 is 1.57 bits per heavy atom. The Morgan fingerprint density at radius 1 is 0.867 bits per heavy atom. The minimum absolute atomic E-state index is 0.0455. The number of hydrogen-bond donors (Lipinski definition) is 1. The third-order valence-electron chi connectivity index (χ3n) is 4.54. The van der Waals surface area contributed by atoms with Crippen molar-refractivity contribution in [3.05, 3.63) is 94.2 Å². The van der Waals surface area contributed by atoms with Crippen molar-refractivity contribution in [1.82, 2.24) is 5.32 Å². The molecule has 1 aromatic heterocycles. The lowest BCUT2D eigenvalue weighted by Crippen LogP contribution is -2.33.